The van der Waals surface area contributed by atoms with Crippen LogP contribution in [0.1, 0.15) is 15.9 Å². The van der Waals surface area contributed by atoms with Crippen LogP contribution in [0.2, 0.25) is 0 Å². The number of nitrogens with one attached hydrogen (secondary N) is 2. The molecule has 0 aliphatic carbocycles. The van der Waals surface area contributed by atoms with Crippen LogP contribution in [0.5, 0.6) is 5.75 Å². The van der Waals surface area contributed by atoms with Gasteiger partial charge >= 0.3 is 0 Å². The third kappa shape index (κ3) is 4.86. The molecule has 0 spiro atoms. The van der Waals surface area contributed by atoms with Crippen LogP contribution in [0.15, 0.2) is 59.6 Å². The molecule has 0 bridgehead atoms. The van der Waals surface area contributed by atoms with Gasteiger partial charge in [-0.15, -0.1) is 0 Å². The lowest BCUT2D eigenvalue weighted by molar-refractivity contribution is -0.117. The molecule has 0 fully saturated rings. The molecule has 6 heteroatoms. The fraction of sp³-hybridized carbons (Fsp3) is 0.0588. The minimum absolute atomic E-state index is 0.0359. The standard InChI is InChI=1S/C17H15ClN2O3/c1-23-14-9-7-13(8-10-14)16(21)19-20-17(22)15(18)11-12-5-3-2-4-6-12/h2-11H,1H3,(H,19,21)(H,20,22)/b15-11-. The summed E-state index contributed by atoms with van der Waals surface area (Å²) in [6, 6.07) is 15.6. The SMILES string of the molecule is COc1ccc(C(=O)NNC(=O)/C(Cl)=C/c2ccccc2)cc1. The Labute approximate surface area is 138 Å². The minimum atomic E-state index is -0.600. The molecule has 2 aromatic carbocycles. The summed E-state index contributed by atoms with van der Waals surface area (Å²) >= 11 is 5.92. The largest absolute Gasteiger partial charge is 0.497 e. The maximum Gasteiger partial charge on any atom is 0.281 e. The summed E-state index contributed by atoms with van der Waals surface area (Å²) in [5.74, 6) is -0.415. The van der Waals surface area contributed by atoms with Crippen LogP contribution in [0.4, 0.5) is 0 Å². The molecule has 0 aliphatic rings. The van der Waals surface area contributed by atoms with Gasteiger partial charge in [-0.05, 0) is 35.9 Å². The zero-order chi connectivity index (χ0) is 16.7. The molecule has 118 valence electrons. The number of ether oxygens (including phenoxy) is 1. The first-order valence-corrected chi connectivity index (χ1v) is 7.15. The van der Waals surface area contributed by atoms with Gasteiger partial charge in [-0.25, -0.2) is 0 Å². The average Bonchev–Trinajstić information content (AvgIpc) is 2.60. The van der Waals surface area contributed by atoms with E-state index in [9.17, 15) is 9.59 Å². The number of halogens is 1. The first-order chi connectivity index (χ1) is 11.1. The Morgan fingerprint density at radius 3 is 2.26 bits per heavy atom. The fourth-order valence-electron chi connectivity index (χ4n) is 1.75. The number of hydrogen-bond acceptors (Lipinski definition) is 3. The molecule has 5 nitrogen and oxygen atoms in total. The highest BCUT2D eigenvalue weighted by Crippen LogP contribution is 2.11. The van der Waals surface area contributed by atoms with E-state index in [1.807, 2.05) is 30.3 Å². The molecular formula is C17H15ClN2O3. The third-order valence-electron chi connectivity index (χ3n) is 2.95. The highest BCUT2D eigenvalue weighted by Gasteiger charge is 2.10. The molecule has 2 amide bonds. The summed E-state index contributed by atoms with van der Waals surface area (Å²) in [5.41, 5.74) is 5.73. The van der Waals surface area contributed by atoms with Gasteiger partial charge in [-0.2, -0.15) is 0 Å². The van der Waals surface area contributed by atoms with Gasteiger partial charge in [-0.1, -0.05) is 41.9 Å². The van der Waals surface area contributed by atoms with Crippen LogP contribution < -0.4 is 15.6 Å². The van der Waals surface area contributed by atoms with E-state index >= 15 is 0 Å². The second-order valence-corrected chi connectivity index (χ2v) is 4.95. The monoisotopic (exact) mass is 330 g/mol. The summed E-state index contributed by atoms with van der Waals surface area (Å²) in [6.45, 7) is 0. The highest BCUT2D eigenvalue weighted by molar-refractivity contribution is 6.44. The first-order valence-electron chi connectivity index (χ1n) is 6.77. The Kier molecular flexibility index (Phi) is 5.77. The van der Waals surface area contributed by atoms with Crippen molar-refractivity contribution in [1.29, 1.82) is 0 Å². The Hall–Kier alpha value is -2.79. The second-order valence-electron chi connectivity index (χ2n) is 4.54. The molecule has 2 N–H and O–H groups in total. The molecular weight excluding hydrogens is 316 g/mol. The second kappa shape index (κ2) is 8.00. The number of methoxy groups -OCH3 is 1. The van der Waals surface area contributed by atoms with E-state index in [0.717, 1.165) is 5.56 Å². The number of hydrogen-bond donors (Lipinski definition) is 2. The zero-order valence-corrected chi connectivity index (χ0v) is 13.1. The summed E-state index contributed by atoms with van der Waals surface area (Å²) < 4.78 is 5.01. The van der Waals surface area contributed by atoms with Crippen molar-refractivity contribution in [2.24, 2.45) is 0 Å². The summed E-state index contributed by atoms with van der Waals surface area (Å²) in [6.07, 6.45) is 1.51. The lowest BCUT2D eigenvalue weighted by Gasteiger charge is -2.07. The number of carbonyl (C=O) groups excluding carboxylic acids is 2. The Morgan fingerprint density at radius 2 is 1.65 bits per heavy atom. The lowest BCUT2D eigenvalue weighted by Crippen LogP contribution is -2.41. The number of hydrazine groups is 1. The van der Waals surface area contributed by atoms with E-state index < -0.39 is 11.8 Å². The van der Waals surface area contributed by atoms with Crippen molar-refractivity contribution in [2.75, 3.05) is 7.11 Å². The van der Waals surface area contributed by atoms with Gasteiger partial charge in [-0.3, -0.25) is 20.4 Å². The van der Waals surface area contributed by atoms with Crippen LogP contribution in [0.3, 0.4) is 0 Å². The van der Waals surface area contributed by atoms with Gasteiger partial charge in [0.15, 0.2) is 0 Å². The van der Waals surface area contributed by atoms with Crippen LogP contribution in [0, 0.1) is 0 Å². The van der Waals surface area contributed by atoms with Crippen LogP contribution >= 0.6 is 11.6 Å². The molecule has 23 heavy (non-hydrogen) atoms. The number of rotatable bonds is 4. The topological polar surface area (TPSA) is 67.4 Å². The normalized spacial score (nSPS) is 10.8. The molecule has 0 aromatic heterocycles. The lowest BCUT2D eigenvalue weighted by atomic mass is 10.2. The first kappa shape index (κ1) is 16.6. The highest BCUT2D eigenvalue weighted by atomic mass is 35.5. The van der Waals surface area contributed by atoms with Crippen molar-refractivity contribution in [1.82, 2.24) is 10.9 Å². The maximum absolute atomic E-state index is 11.9. The Balaban J connectivity index is 1.92. The van der Waals surface area contributed by atoms with Gasteiger partial charge in [0, 0.05) is 5.56 Å². The van der Waals surface area contributed by atoms with Gasteiger partial charge < -0.3 is 4.74 Å². The molecule has 0 aliphatic heterocycles. The maximum atomic E-state index is 11.9. The van der Waals surface area contributed by atoms with Crippen LogP contribution in [0.25, 0.3) is 6.08 Å². The summed E-state index contributed by atoms with van der Waals surface area (Å²) in [4.78, 5) is 23.7. The van der Waals surface area contributed by atoms with Crippen LogP contribution in [-0.4, -0.2) is 18.9 Å². The van der Waals surface area contributed by atoms with E-state index in [0.29, 0.717) is 11.3 Å². The van der Waals surface area contributed by atoms with E-state index in [1.54, 1.807) is 24.3 Å². The van der Waals surface area contributed by atoms with E-state index in [1.165, 1.54) is 13.2 Å². The van der Waals surface area contributed by atoms with Crippen molar-refractivity contribution in [3.8, 4) is 5.75 Å². The smallest absolute Gasteiger partial charge is 0.281 e. The van der Waals surface area contributed by atoms with Crippen molar-refractivity contribution in [3.05, 3.63) is 70.8 Å². The van der Waals surface area contributed by atoms with Gasteiger partial charge in [0.25, 0.3) is 11.8 Å². The predicted molar refractivity (Wildman–Crippen MR) is 88.9 cm³/mol. The molecule has 0 saturated carbocycles. The number of carbonyl (C=O) groups is 2. The minimum Gasteiger partial charge on any atom is -0.497 e. The zero-order valence-electron chi connectivity index (χ0n) is 12.4. The summed E-state index contributed by atoms with van der Waals surface area (Å²) in [5, 5.41) is -0.0359. The number of benzene rings is 2. The Bertz CT molecular complexity index is 712. The van der Waals surface area contributed by atoms with Crippen molar-refractivity contribution in [3.63, 3.8) is 0 Å². The predicted octanol–water partition coefficient (Wildman–Crippen LogP) is 2.74. The van der Waals surface area contributed by atoms with Crippen molar-refractivity contribution in [2.45, 2.75) is 0 Å². The van der Waals surface area contributed by atoms with Crippen molar-refractivity contribution >= 4 is 29.5 Å². The third-order valence-corrected chi connectivity index (χ3v) is 3.23. The molecule has 0 atom stereocenters. The molecule has 0 radical (unpaired) electrons. The van der Waals surface area contributed by atoms with E-state index in [4.69, 9.17) is 16.3 Å². The van der Waals surface area contributed by atoms with Gasteiger partial charge in [0.05, 0.1) is 7.11 Å². The summed E-state index contributed by atoms with van der Waals surface area (Å²) in [7, 11) is 1.54. The molecule has 2 rings (SSSR count). The van der Waals surface area contributed by atoms with E-state index in [-0.39, 0.29) is 5.03 Å². The Morgan fingerprint density at radius 1 is 1.00 bits per heavy atom. The van der Waals surface area contributed by atoms with Gasteiger partial charge in [0.1, 0.15) is 10.8 Å². The molecule has 0 saturated heterocycles. The molecule has 0 unspecified atom stereocenters. The van der Waals surface area contributed by atoms with Crippen molar-refractivity contribution < 1.29 is 14.3 Å². The molecule has 0 heterocycles. The number of amides is 2. The van der Waals surface area contributed by atoms with E-state index in [2.05, 4.69) is 10.9 Å². The molecule has 2 aromatic rings. The van der Waals surface area contributed by atoms with Crippen LogP contribution in [-0.2, 0) is 4.79 Å². The quantitative estimate of drug-likeness (QED) is 0.669. The van der Waals surface area contributed by atoms with Gasteiger partial charge in [0.2, 0.25) is 0 Å². The average molecular weight is 331 g/mol. The fourth-order valence-corrected chi connectivity index (χ4v) is 1.92.